The fraction of sp³-hybridized carbons (Fsp3) is 0.481. The summed E-state index contributed by atoms with van der Waals surface area (Å²) >= 11 is 0. The Bertz CT molecular complexity index is 1190. The maximum absolute atomic E-state index is 13.6. The fourth-order valence-corrected chi connectivity index (χ4v) is 6.14. The molecule has 7 rings (SSSR count). The van der Waals surface area contributed by atoms with Gasteiger partial charge in [0.15, 0.2) is 0 Å². The van der Waals surface area contributed by atoms with E-state index >= 15 is 0 Å². The number of benzene rings is 1. The van der Waals surface area contributed by atoms with Crippen LogP contribution in [0, 0.1) is 11.8 Å². The molecule has 0 aliphatic carbocycles. The van der Waals surface area contributed by atoms with Crippen molar-refractivity contribution in [3.63, 3.8) is 0 Å². The van der Waals surface area contributed by atoms with Crippen LogP contribution in [0.1, 0.15) is 12.8 Å². The van der Waals surface area contributed by atoms with Crippen LogP contribution in [-0.2, 0) is 11.3 Å². The number of hydrogen-bond acceptors (Lipinski definition) is 7. The standard InChI is InChI=1S/C27H33N7O2/c1-36-26-8-3-2-7-25(26)31-12-14-32(15-13-31)27(35)22-18-33-11-9-20(22)16-21(33)17-34-19-24(29-30-34)23-6-4-5-10-28-23/h2-8,10,19-22H,9,11-18H2,1H3/t20-,21+,22+/m0/s1. The molecule has 0 spiro atoms. The molecule has 2 aromatic heterocycles. The average Bonchev–Trinajstić information content (AvgIpc) is 3.42. The van der Waals surface area contributed by atoms with Gasteiger partial charge in [0.2, 0.25) is 5.91 Å². The fourth-order valence-electron chi connectivity index (χ4n) is 6.14. The zero-order valence-electron chi connectivity index (χ0n) is 20.7. The van der Waals surface area contributed by atoms with Gasteiger partial charge in [-0.15, -0.1) is 5.10 Å². The molecule has 4 aliphatic heterocycles. The van der Waals surface area contributed by atoms with Crippen molar-refractivity contribution < 1.29 is 9.53 Å². The van der Waals surface area contributed by atoms with Crippen molar-refractivity contribution in [3.05, 3.63) is 54.9 Å². The molecular weight excluding hydrogens is 454 g/mol. The van der Waals surface area contributed by atoms with Crippen LogP contribution in [0.5, 0.6) is 5.75 Å². The SMILES string of the molecule is COc1ccccc1N1CCN(C(=O)[C@@H]2CN3CC[C@H]2C[C@@H]3Cn2cc(-c3ccccn3)nn2)CC1. The molecule has 4 saturated heterocycles. The normalized spacial score (nSPS) is 25.7. The van der Waals surface area contributed by atoms with E-state index in [0.29, 0.717) is 17.9 Å². The number of amides is 1. The molecule has 4 atom stereocenters. The maximum atomic E-state index is 13.6. The highest BCUT2D eigenvalue weighted by Gasteiger charge is 2.44. The lowest BCUT2D eigenvalue weighted by Gasteiger charge is -2.50. The van der Waals surface area contributed by atoms with Gasteiger partial charge in [0, 0.05) is 45.0 Å². The third kappa shape index (κ3) is 4.43. The Morgan fingerprint density at radius 1 is 1.03 bits per heavy atom. The second-order valence-electron chi connectivity index (χ2n) is 10.1. The monoisotopic (exact) mass is 487 g/mol. The Kier molecular flexibility index (Phi) is 6.31. The summed E-state index contributed by atoms with van der Waals surface area (Å²) in [5.74, 6) is 1.77. The molecule has 1 unspecified atom stereocenters. The third-order valence-corrected chi connectivity index (χ3v) is 8.08. The number of pyridine rings is 1. The van der Waals surface area contributed by atoms with Crippen LogP contribution in [0.15, 0.2) is 54.9 Å². The molecule has 0 radical (unpaired) electrons. The van der Waals surface area contributed by atoms with Crippen LogP contribution >= 0.6 is 0 Å². The molecule has 9 nitrogen and oxygen atoms in total. The largest absolute Gasteiger partial charge is 0.495 e. The van der Waals surface area contributed by atoms with Gasteiger partial charge in [-0.05, 0) is 49.6 Å². The number of hydrogen-bond donors (Lipinski definition) is 0. The van der Waals surface area contributed by atoms with Crippen molar-refractivity contribution in [1.29, 1.82) is 0 Å². The van der Waals surface area contributed by atoms with Gasteiger partial charge in [0.05, 0.1) is 37.2 Å². The molecule has 2 bridgehead atoms. The van der Waals surface area contributed by atoms with Crippen LogP contribution in [0.2, 0.25) is 0 Å². The first kappa shape index (κ1) is 23.0. The summed E-state index contributed by atoms with van der Waals surface area (Å²) in [6, 6.07) is 14.3. The number of para-hydroxylation sites is 2. The summed E-state index contributed by atoms with van der Waals surface area (Å²) < 4.78 is 7.47. The number of carbonyl (C=O) groups is 1. The van der Waals surface area contributed by atoms with E-state index < -0.39 is 0 Å². The van der Waals surface area contributed by atoms with E-state index in [1.165, 1.54) is 0 Å². The highest BCUT2D eigenvalue weighted by Crippen LogP contribution is 2.38. The van der Waals surface area contributed by atoms with Crippen molar-refractivity contribution in [2.24, 2.45) is 11.8 Å². The molecule has 0 N–H and O–H groups in total. The smallest absolute Gasteiger partial charge is 0.227 e. The van der Waals surface area contributed by atoms with E-state index in [0.717, 1.165) is 81.5 Å². The van der Waals surface area contributed by atoms with Crippen LogP contribution in [0.3, 0.4) is 0 Å². The number of piperazine rings is 1. The summed E-state index contributed by atoms with van der Waals surface area (Å²) in [6.07, 6.45) is 5.90. The summed E-state index contributed by atoms with van der Waals surface area (Å²) in [5, 5.41) is 8.67. The molecule has 1 aromatic carbocycles. The van der Waals surface area contributed by atoms with Crippen molar-refractivity contribution in [2.75, 3.05) is 51.3 Å². The van der Waals surface area contributed by atoms with Gasteiger partial charge in [-0.3, -0.25) is 19.4 Å². The van der Waals surface area contributed by atoms with Crippen LogP contribution in [0.4, 0.5) is 5.69 Å². The number of ether oxygens (including phenoxy) is 1. The Balaban J connectivity index is 1.05. The number of piperidine rings is 3. The Morgan fingerprint density at radius 2 is 1.86 bits per heavy atom. The van der Waals surface area contributed by atoms with Gasteiger partial charge in [-0.25, -0.2) is 0 Å². The Labute approximate surface area is 211 Å². The molecule has 6 heterocycles. The minimum Gasteiger partial charge on any atom is -0.495 e. The van der Waals surface area contributed by atoms with E-state index in [9.17, 15) is 4.79 Å². The molecular formula is C27H33N7O2. The number of carbonyl (C=O) groups excluding carboxylic acids is 1. The van der Waals surface area contributed by atoms with E-state index in [2.05, 4.69) is 36.1 Å². The molecule has 0 saturated carbocycles. The molecule has 1 amide bonds. The molecule has 188 valence electrons. The van der Waals surface area contributed by atoms with Crippen LogP contribution < -0.4 is 9.64 Å². The second kappa shape index (κ2) is 9.89. The molecule has 9 heteroatoms. The maximum Gasteiger partial charge on any atom is 0.227 e. The van der Waals surface area contributed by atoms with E-state index in [1.54, 1.807) is 13.3 Å². The minimum absolute atomic E-state index is 0.104. The number of rotatable bonds is 6. The topological polar surface area (TPSA) is 79.6 Å². The van der Waals surface area contributed by atoms with Crippen molar-refractivity contribution >= 4 is 11.6 Å². The predicted octanol–water partition coefficient (Wildman–Crippen LogP) is 2.41. The lowest BCUT2D eigenvalue weighted by Crippen LogP contribution is -2.60. The van der Waals surface area contributed by atoms with E-state index in [-0.39, 0.29) is 5.92 Å². The summed E-state index contributed by atoms with van der Waals surface area (Å²) in [6.45, 7) is 5.90. The van der Waals surface area contributed by atoms with E-state index in [4.69, 9.17) is 4.74 Å². The average molecular weight is 488 g/mol. The first-order valence-electron chi connectivity index (χ1n) is 12.9. The highest BCUT2D eigenvalue weighted by atomic mass is 16.5. The number of methoxy groups -OCH3 is 1. The van der Waals surface area contributed by atoms with Gasteiger partial charge >= 0.3 is 0 Å². The third-order valence-electron chi connectivity index (χ3n) is 8.08. The minimum atomic E-state index is 0.104. The lowest BCUT2D eigenvalue weighted by atomic mass is 9.75. The van der Waals surface area contributed by atoms with Gasteiger partial charge in [-0.2, -0.15) is 0 Å². The molecule has 3 aromatic rings. The number of fused-ring (bicyclic) bond motifs is 3. The molecule has 4 fully saturated rings. The van der Waals surface area contributed by atoms with Crippen molar-refractivity contribution in [2.45, 2.75) is 25.4 Å². The molecule has 4 aliphatic rings. The zero-order valence-corrected chi connectivity index (χ0v) is 20.7. The zero-order chi connectivity index (χ0) is 24.5. The number of aromatic nitrogens is 4. The first-order valence-corrected chi connectivity index (χ1v) is 12.9. The van der Waals surface area contributed by atoms with Gasteiger partial charge in [0.1, 0.15) is 11.4 Å². The predicted molar refractivity (Wildman–Crippen MR) is 137 cm³/mol. The van der Waals surface area contributed by atoms with Crippen LogP contribution in [0.25, 0.3) is 11.4 Å². The summed E-state index contributed by atoms with van der Waals surface area (Å²) in [4.78, 5) is 24.8. The number of nitrogens with zero attached hydrogens (tertiary/aromatic N) is 7. The van der Waals surface area contributed by atoms with Crippen LogP contribution in [-0.4, -0.2) is 88.1 Å². The highest BCUT2D eigenvalue weighted by molar-refractivity contribution is 5.80. The van der Waals surface area contributed by atoms with Crippen molar-refractivity contribution in [3.8, 4) is 17.1 Å². The number of anilines is 1. The Hall–Kier alpha value is -3.46. The summed E-state index contributed by atoms with van der Waals surface area (Å²) in [5.41, 5.74) is 2.75. The second-order valence-corrected chi connectivity index (χ2v) is 10.1. The lowest BCUT2D eigenvalue weighted by molar-refractivity contribution is -0.144. The van der Waals surface area contributed by atoms with Gasteiger partial charge in [0.25, 0.3) is 0 Å². The Morgan fingerprint density at radius 3 is 2.61 bits per heavy atom. The van der Waals surface area contributed by atoms with Gasteiger partial charge < -0.3 is 14.5 Å². The summed E-state index contributed by atoms with van der Waals surface area (Å²) in [7, 11) is 1.71. The van der Waals surface area contributed by atoms with Crippen molar-refractivity contribution in [1.82, 2.24) is 29.8 Å². The molecule has 36 heavy (non-hydrogen) atoms. The quantitative estimate of drug-likeness (QED) is 0.528. The van der Waals surface area contributed by atoms with E-state index in [1.807, 2.05) is 47.3 Å². The first-order chi connectivity index (χ1) is 17.7. The van der Waals surface area contributed by atoms with Gasteiger partial charge in [-0.1, -0.05) is 23.4 Å².